The van der Waals surface area contributed by atoms with E-state index in [1.165, 1.54) is 12.8 Å². The van der Waals surface area contributed by atoms with Crippen LogP contribution in [0.4, 0.5) is 0 Å². The summed E-state index contributed by atoms with van der Waals surface area (Å²) < 4.78 is 2.24. The van der Waals surface area contributed by atoms with Crippen molar-refractivity contribution in [3.8, 4) is 0 Å². The fourth-order valence-electron chi connectivity index (χ4n) is 1.44. The van der Waals surface area contributed by atoms with E-state index in [0.29, 0.717) is 12.0 Å². The van der Waals surface area contributed by atoms with Crippen LogP contribution in [0.1, 0.15) is 38.6 Å². The van der Waals surface area contributed by atoms with Gasteiger partial charge in [0.05, 0.1) is 0 Å². The topological polar surface area (TPSA) is 30.7 Å². The summed E-state index contributed by atoms with van der Waals surface area (Å²) in [7, 11) is 0. The molecule has 0 atom stereocenters. The monoisotopic (exact) mass is 165 g/mol. The van der Waals surface area contributed by atoms with Crippen LogP contribution in [0.15, 0.2) is 6.33 Å². The second-order valence-corrected chi connectivity index (χ2v) is 3.98. The van der Waals surface area contributed by atoms with Gasteiger partial charge in [0.1, 0.15) is 12.2 Å². The van der Waals surface area contributed by atoms with E-state index >= 15 is 0 Å². The Morgan fingerprint density at radius 1 is 1.58 bits per heavy atom. The Kier molecular flexibility index (Phi) is 1.87. The maximum absolute atomic E-state index is 4.13. The van der Waals surface area contributed by atoms with E-state index in [-0.39, 0.29) is 0 Å². The summed E-state index contributed by atoms with van der Waals surface area (Å²) >= 11 is 0. The van der Waals surface area contributed by atoms with Crippen LogP contribution < -0.4 is 0 Å². The number of hydrogen-bond acceptors (Lipinski definition) is 2. The first-order chi connectivity index (χ1) is 5.77. The Morgan fingerprint density at radius 2 is 2.33 bits per heavy atom. The van der Waals surface area contributed by atoms with Crippen molar-refractivity contribution in [2.75, 3.05) is 0 Å². The Bertz CT molecular complexity index is 260. The fraction of sp³-hybridized carbons (Fsp3) is 0.778. The normalized spacial score (nSPS) is 17.2. The second kappa shape index (κ2) is 2.88. The van der Waals surface area contributed by atoms with Gasteiger partial charge in [-0.25, -0.2) is 0 Å². The van der Waals surface area contributed by atoms with Gasteiger partial charge >= 0.3 is 0 Å². The molecule has 0 N–H and O–H groups in total. The highest BCUT2D eigenvalue weighted by molar-refractivity contribution is 4.95. The largest absolute Gasteiger partial charge is 0.314 e. The third-order valence-electron chi connectivity index (χ3n) is 2.18. The van der Waals surface area contributed by atoms with Crippen LogP contribution in [0.3, 0.4) is 0 Å². The number of rotatable bonds is 3. The predicted octanol–water partition coefficient (Wildman–Crippen LogP) is 1.81. The molecule has 2 rings (SSSR count). The highest BCUT2D eigenvalue weighted by Crippen LogP contribution is 2.35. The molecule has 0 saturated heterocycles. The average molecular weight is 165 g/mol. The Morgan fingerprint density at radius 3 is 2.92 bits per heavy atom. The van der Waals surface area contributed by atoms with Crippen LogP contribution in [0.25, 0.3) is 0 Å². The van der Waals surface area contributed by atoms with Gasteiger partial charge in [0.15, 0.2) is 0 Å². The van der Waals surface area contributed by atoms with Crippen LogP contribution in [0.2, 0.25) is 0 Å². The smallest absolute Gasteiger partial charge is 0.133 e. The Balaban J connectivity index is 2.13. The molecule has 0 bridgehead atoms. The van der Waals surface area contributed by atoms with Crippen molar-refractivity contribution in [3.05, 3.63) is 12.2 Å². The highest BCUT2D eigenvalue weighted by Gasteiger charge is 2.25. The van der Waals surface area contributed by atoms with E-state index in [0.717, 1.165) is 12.2 Å². The number of nitrogens with zero attached hydrogens (tertiary/aromatic N) is 3. The molecule has 1 aliphatic carbocycles. The molecule has 66 valence electrons. The van der Waals surface area contributed by atoms with E-state index in [1.54, 1.807) is 0 Å². The van der Waals surface area contributed by atoms with Gasteiger partial charge in [-0.2, -0.15) is 0 Å². The van der Waals surface area contributed by atoms with Gasteiger partial charge in [-0.05, 0) is 18.8 Å². The first-order valence-corrected chi connectivity index (χ1v) is 4.65. The van der Waals surface area contributed by atoms with Crippen LogP contribution >= 0.6 is 0 Å². The molecule has 0 aliphatic heterocycles. The van der Waals surface area contributed by atoms with E-state index in [2.05, 4.69) is 28.6 Å². The molecule has 0 unspecified atom stereocenters. The average Bonchev–Trinajstić information content (AvgIpc) is 2.73. The molecule has 1 aromatic heterocycles. The van der Waals surface area contributed by atoms with Crippen molar-refractivity contribution in [1.82, 2.24) is 14.8 Å². The summed E-state index contributed by atoms with van der Waals surface area (Å²) in [6.45, 7) is 4.43. The van der Waals surface area contributed by atoms with Crippen molar-refractivity contribution in [2.24, 2.45) is 5.92 Å². The molecule has 1 aliphatic rings. The van der Waals surface area contributed by atoms with Gasteiger partial charge in [-0.3, -0.25) is 0 Å². The molecular weight excluding hydrogens is 150 g/mol. The molecule has 1 fully saturated rings. The van der Waals surface area contributed by atoms with Gasteiger partial charge in [0.2, 0.25) is 0 Å². The minimum atomic E-state index is 0.673. The lowest BCUT2D eigenvalue weighted by Gasteiger charge is -2.05. The molecule has 0 aromatic carbocycles. The Labute approximate surface area is 72.8 Å². The van der Waals surface area contributed by atoms with Crippen LogP contribution in [0, 0.1) is 5.92 Å². The summed E-state index contributed by atoms with van der Waals surface area (Å²) in [5, 5.41) is 8.08. The maximum atomic E-state index is 4.13. The van der Waals surface area contributed by atoms with E-state index in [4.69, 9.17) is 0 Å². The van der Waals surface area contributed by atoms with Crippen molar-refractivity contribution >= 4 is 0 Å². The fourth-order valence-corrected chi connectivity index (χ4v) is 1.44. The predicted molar refractivity (Wildman–Crippen MR) is 46.8 cm³/mol. The zero-order valence-corrected chi connectivity index (χ0v) is 7.70. The quantitative estimate of drug-likeness (QED) is 0.684. The summed E-state index contributed by atoms with van der Waals surface area (Å²) in [6.07, 6.45) is 5.54. The summed E-state index contributed by atoms with van der Waals surface area (Å²) in [5.74, 6) is 1.83. The van der Waals surface area contributed by atoms with Gasteiger partial charge in [-0.15, -0.1) is 10.2 Å². The van der Waals surface area contributed by atoms with Crippen molar-refractivity contribution in [2.45, 2.75) is 39.2 Å². The first kappa shape index (κ1) is 7.77. The molecule has 3 nitrogen and oxygen atoms in total. The maximum Gasteiger partial charge on any atom is 0.133 e. The zero-order chi connectivity index (χ0) is 8.55. The molecule has 0 amide bonds. The lowest BCUT2D eigenvalue weighted by molar-refractivity contribution is 0.578. The molecule has 3 heteroatoms. The molecular formula is C9H15N3. The zero-order valence-electron chi connectivity index (χ0n) is 7.70. The van der Waals surface area contributed by atoms with E-state index < -0.39 is 0 Å². The lowest BCUT2D eigenvalue weighted by atomic mass is 10.1. The molecule has 0 spiro atoms. The molecule has 0 radical (unpaired) electrons. The summed E-state index contributed by atoms with van der Waals surface area (Å²) in [4.78, 5) is 0. The number of aromatic nitrogens is 3. The summed E-state index contributed by atoms with van der Waals surface area (Å²) in [6, 6.07) is 0.716. The number of hydrogen-bond donors (Lipinski definition) is 0. The van der Waals surface area contributed by atoms with Gasteiger partial charge < -0.3 is 4.57 Å². The van der Waals surface area contributed by atoms with Crippen LogP contribution in [0.5, 0.6) is 0 Å². The molecule has 1 aromatic rings. The van der Waals surface area contributed by atoms with E-state index in [1.807, 2.05) is 6.33 Å². The van der Waals surface area contributed by atoms with Gasteiger partial charge in [-0.1, -0.05) is 13.8 Å². The van der Waals surface area contributed by atoms with E-state index in [9.17, 15) is 0 Å². The lowest BCUT2D eigenvalue weighted by Crippen LogP contribution is -2.04. The van der Waals surface area contributed by atoms with Crippen LogP contribution in [-0.4, -0.2) is 14.8 Å². The third-order valence-corrected chi connectivity index (χ3v) is 2.18. The Hall–Kier alpha value is -0.860. The first-order valence-electron chi connectivity index (χ1n) is 4.65. The standard InChI is InChI=1S/C9H15N3/c1-7(2)5-9-11-10-6-12(9)8-3-4-8/h6-8H,3-5H2,1-2H3. The highest BCUT2D eigenvalue weighted by atomic mass is 15.3. The second-order valence-electron chi connectivity index (χ2n) is 3.98. The van der Waals surface area contributed by atoms with Gasteiger partial charge in [0, 0.05) is 12.5 Å². The van der Waals surface area contributed by atoms with Crippen molar-refractivity contribution in [1.29, 1.82) is 0 Å². The van der Waals surface area contributed by atoms with Crippen molar-refractivity contribution < 1.29 is 0 Å². The molecule has 1 saturated carbocycles. The summed E-state index contributed by atoms with van der Waals surface area (Å²) in [5.41, 5.74) is 0. The minimum Gasteiger partial charge on any atom is -0.314 e. The SMILES string of the molecule is CC(C)Cc1nncn1C1CC1. The molecule has 1 heterocycles. The third kappa shape index (κ3) is 1.49. The van der Waals surface area contributed by atoms with Crippen LogP contribution in [-0.2, 0) is 6.42 Å². The molecule has 12 heavy (non-hydrogen) atoms. The minimum absolute atomic E-state index is 0.673. The van der Waals surface area contributed by atoms with Crippen molar-refractivity contribution in [3.63, 3.8) is 0 Å². The van der Waals surface area contributed by atoms with Gasteiger partial charge in [0.25, 0.3) is 0 Å².